The zero-order valence-corrected chi connectivity index (χ0v) is 12.9. The van der Waals surface area contributed by atoms with Crippen molar-refractivity contribution < 1.29 is 27.5 Å². The van der Waals surface area contributed by atoms with Gasteiger partial charge in [0.2, 0.25) is 0 Å². The standard InChI is InChI=1S/C16H20F4N2O2/c17-12-6-4-10(5-7-12)14(23)9-21-15(24)22-13-3-1-2-11(8-13)16(18,19)20/h4-7,11,13-14,23H,1-3,8-9H2,(H2,21,22,24). The van der Waals surface area contributed by atoms with Gasteiger partial charge in [-0.05, 0) is 37.0 Å². The molecule has 0 aromatic heterocycles. The third-order valence-corrected chi connectivity index (χ3v) is 4.18. The van der Waals surface area contributed by atoms with Crippen molar-refractivity contribution in [1.82, 2.24) is 10.6 Å². The number of halogens is 4. The number of amides is 2. The molecule has 1 fully saturated rings. The first-order valence-corrected chi connectivity index (χ1v) is 7.80. The molecule has 2 amide bonds. The summed E-state index contributed by atoms with van der Waals surface area (Å²) in [6, 6.07) is 4.02. The summed E-state index contributed by atoms with van der Waals surface area (Å²) in [4.78, 5) is 11.8. The summed E-state index contributed by atoms with van der Waals surface area (Å²) in [5.74, 6) is -1.82. The third-order valence-electron chi connectivity index (χ3n) is 4.18. The Morgan fingerprint density at radius 3 is 2.54 bits per heavy atom. The summed E-state index contributed by atoms with van der Waals surface area (Å²) in [7, 11) is 0. The van der Waals surface area contributed by atoms with Gasteiger partial charge in [0.25, 0.3) is 0 Å². The molecule has 2 rings (SSSR count). The van der Waals surface area contributed by atoms with Crippen molar-refractivity contribution in [1.29, 1.82) is 0 Å². The van der Waals surface area contributed by atoms with Gasteiger partial charge in [0.1, 0.15) is 5.82 Å². The molecular formula is C16H20F4N2O2. The first-order valence-electron chi connectivity index (χ1n) is 7.80. The molecule has 1 aliphatic carbocycles. The number of aliphatic hydroxyl groups is 1. The van der Waals surface area contributed by atoms with Gasteiger partial charge in [-0.2, -0.15) is 13.2 Å². The zero-order valence-electron chi connectivity index (χ0n) is 12.9. The van der Waals surface area contributed by atoms with Gasteiger partial charge in [-0.15, -0.1) is 0 Å². The molecule has 3 atom stereocenters. The van der Waals surface area contributed by atoms with E-state index >= 15 is 0 Å². The van der Waals surface area contributed by atoms with Gasteiger partial charge in [-0.1, -0.05) is 18.6 Å². The Balaban J connectivity index is 1.77. The van der Waals surface area contributed by atoms with Crippen LogP contribution in [0.4, 0.5) is 22.4 Å². The maximum atomic E-state index is 12.8. The minimum Gasteiger partial charge on any atom is -0.387 e. The SMILES string of the molecule is O=C(NCC(O)c1ccc(F)cc1)NC1CCCC(C(F)(F)F)C1. The largest absolute Gasteiger partial charge is 0.391 e. The van der Waals surface area contributed by atoms with Gasteiger partial charge in [0.05, 0.1) is 12.0 Å². The zero-order chi connectivity index (χ0) is 17.7. The van der Waals surface area contributed by atoms with Crippen LogP contribution >= 0.6 is 0 Å². The third kappa shape index (κ3) is 5.36. The highest BCUT2D eigenvalue weighted by atomic mass is 19.4. The van der Waals surface area contributed by atoms with E-state index in [0.29, 0.717) is 18.4 Å². The highest BCUT2D eigenvalue weighted by Gasteiger charge is 2.42. The molecule has 8 heteroatoms. The molecule has 0 aliphatic heterocycles. The van der Waals surface area contributed by atoms with Crippen LogP contribution in [0.5, 0.6) is 0 Å². The molecule has 0 heterocycles. The monoisotopic (exact) mass is 348 g/mol. The summed E-state index contributed by atoms with van der Waals surface area (Å²) < 4.78 is 51.0. The smallest absolute Gasteiger partial charge is 0.387 e. The van der Waals surface area contributed by atoms with Crippen LogP contribution in [-0.2, 0) is 0 Å². The van der Waals surface area contributed by atoms with Crippen molar-refractivity contribution in [3.05, 3.63) is 35.6 Å². The molecular weight excluding hydrogens is 328 g/mol. The van der Waals surface area contributed by atoms with Crippen LogP contribution in [-0.4, -0.2) is 29.9 Å². The summed E-state index contributed by atoms with van der Waals surface area (Å²) in [6.45, 7) is -0.118. The predicted octanol–water partition coefficient (Wildman–Crippen LogP) is 3.28. The molecule has 0 bridgehead atoms. The van der Waals surface area contributed by atoms with E-state index < -0.39 is 36.1 Å². The fourth-order valence-corrected chi connectivity index (χ4v) is 2.85. The Bertz CT molecular complexity index is 548. The van der Waals surface area contributed by atoms with E-state index in [2.05, 4.69) is 10.6 Å². The number of aliphatic hydroxyl groups excluding tert-OH is 1. The number of rotatable bonds is 4. The molecule has 4 nitrogen and oxygen atoms in total. The normalized spacial score (nSPS) is 22.7. The number of carbonyl (C=O) groups is 1. The lowest BCUT2D eigenvalue weighted by Crippen LogP contribution is -2.46. The van der Waals surface area contributed by atoms with Gasteiger partial charge < -0.3 is 15.7 Å². The first kappa shape index (κ1) is 18.5. The second kappa shape index (κ2) is 7.83. The van der Waals surface area contributed by atoms with Crippen LogP contribution in [0.25, 0.3) is 0 Å². The molecule has 1 aromatic carbocycles. The summed E-state index contributed by atoms with van der Waals surface area (Å²) >= 11 is 0. The van der Waals surface area contributed by atoms with Gasteiger partial charge in [0, 0.05) is 12.6 Å². The Labute approximate surface area is 137 Å². The highest BCUT2D eigenvalue weighted by molar-refractivity contribution is 5.74. The topological polar surface area (TPSA) is 61.4 Å². The summed E-state index contributed by atoms with van der Waals surface area (Å²) in [5.41, 5.74) is 0.437. The average Bonchev–Trinajstić information content (AvgIpc) is 2.53. The molecule has 24 heavy (non-hydrogen) atoms. The van der Waals surface area contributed by atoms with Crippen molar-refractivity contribution in [2.24, 2.45) is 5.92 Å². The lowest BCUT2D eigenvalue weighted by molar-refractivity contribution is -0.183. The highest BCUT2D eigenvalue weighted by Crippen LogP contribution is 2.37. The van der Waals surface area contributed by atoms with Crippen molar-refractivity contribution in [2.75, 3.05) is 6.54 Å². The molecule has 3 unspecified atom stereocenters. The number of urea groups is 1. The van der Waals surface area contributed by atoms with Crippen LogP contribution in [0.15, 0.2) is 24.3 Å². The second-order valence-electron chi connectivity index (χ2n) is 6.02. The number of hydrogen-bond acceptors (Lipinski definition) is 2. The van der Waals surface area contributed by atoms with E-state index in [1.54, 1.807) is 0 Å². The lowest BCUT2D eigenvalue weighted by Gasteiger charge is -2.31. The van der Waals surface area contributed by atoms with Crippen molar-refractivity contribution >= 4 is 6.03 Å². The average molecular weight is 348 g/mol. The van der Waals surface area contributed by atoms with Crippen LogP contribution < -0.4 is 10.6 Å². The molecule has 3 N–H and O–H groups in total. The van der Waals surface area contributed by atoms with E-state index in [0.717, 1.165) is 0 Å². The number of benzene rings is 1. The van der Waals surface area contributed by atoms with E-state index in [-0.39, 0.29) is 19.4 Å². The van der Waals surface area contributed by atoms with Crippen molar-refractivity contribution in [3.63, 3.8) is 0 Å². The summed E-state index contributed by atoms with van der Waals surface area (Å²) in [6.07, 6.45) is -4.39. The molecule has 1 aliphatic rings. The van der Waals surface area contributed by atoms with E-state index in [1.165, 1.54) is 24.3 Å². The molecule has 134 valence electrons. The van der Waals surface area contributed by atoms with Gasteiger partial charge in [-0.3, -0.25) is 0 Å². The Morgan fingerprint density at radius 1 is 1.25 bits per heavy atom. The van der Waals surface area contributed by atoms with Crippen LogP contribution in [0, 0.1) is 11.7 Å². The quantitative estimate of drug-likeness (QED) is 0.732. The predicted molar refractivity (Wildman–Crippen MR) is 79.7 cm³/mol. The molecule has 1 aromatic rings. The minimum absolute atomic E-state index is 0.0899. The Kier molecular flexibility index (Phi) is 6.04. The fourth-order valence-electron chi connectivity index (χ4n) is 2.85. The molecule has 1 saturated carbocycles. The lowest BCUT2D eigenvalue weighted by atomic mass is 9.85. The number of hydrogen-bond donors (Lipinski definition) is 3. The first-order chi connectivity index (χ1) is 11.3. The van der Waals surface area contributed by atoms with Crippen LogP contribution in [0.1, 0.15) is 37.4 Å². The summed E-state index contributed by atoms with van der Waals surface area (Å²) in [5, 5.41) is 14.8. The van der Waals surface area contributed by atoms with Crippen molar-refractivity contribution in [2.45, 2.75) is 44.0 Å². The van der Waals surface area contributed by atoms with Gasteiger partial charge in [0.15, 0.2) is 0 Å². The Morgan fingerprint density at radius 2 is 1.92 bits per heavy atom. The van der Waals surface area contributed by atoms with Crippen LogP contribution in [0.3, 0.4) is 0 Å². The number of alkyl halides is 3. The molecule has 0 saturated heterocycles. The number of carbonyl (C=O) groups excluding carboxylic acids is 1. The second-order valence-corrected chi connectivity index (χ2v) is 6.02. The van der Waals surface area contributed by atoms with Gasteiger partial charge >= 0.3 is 12.2 Å². The van der Waals surface area contributed by atoms with E-state index in [1.807, 2.05) is 0 Å². The van der Waals surface area contributed by atoms with E-state index in [9.17, 15) is 27.5 Å². The fraction of sp³-hybridized carbons (Fsp3) is 0.562. The maximum absolute atomic E-state index is 12.8. The van der Waals surface area contributed by atoms with Crippen molar-refractivity contribution in [3.8, 4) is 0 Å². The maximum Gasteiger partial charge on any atom is 0.391 e. The molecule has 0 spiro atoms. The van der Waals surface area contributed by atoms with Crippen LogP contribution in [0.2, 0.25) is 0 Å². The number of nitrogens with one attached hydrogen (secondary N) is 2. The van der Waals surface area contributed by atoms with Gasteiger partial charge in [-0.25, -0.2) is 9.18 Å². The Hall–Kier alpha value is -1.83. The minimum atomic E-state index is -4.24. The molecule has 0 radical (unpaired) electrons. The van der Waals surface area contributed by atoms with E-state index in [4.69, 9.17) is 0 Å².